The number of hydrogen-bond acceptors (Lipinski definition) is 2. The molecule has 1 aliphatic heterocycles. The lowest BCUT2D eigenvalue weighted by Crippen LogP contribution is -2.44. The van der Waals surface area contributed by atoms with Gasteiger partial charge in [0.1, 0.15) is 0 Å². The van der Waals surface area contributed by atoms with Crippen LogP contribution < -0.4 is 5.32 Å². The molecule has 2 atom stereocenters. The quantitative estimate of drug-likeness (QED) is 0.851. The number of nitrogens with one attached hydrogen (secondary N) is 1. The van der Waals surface area contributed by atoms with Crippen molar-refractivity contribution in [1.29, 1.82) is 0 Å². The number of aromatic carboxylic acids is 1. The van der Waals surface area contributed by atoms with E-state index >= 15 is 0 Å². The molecular weight excluding hydrogens is 336 g/mol. The standard InChI is InChI=1S/C15H19BrN2O3/c1-9-5-6-18(8-10(9)2)15(21)17-13-4-3-11(14(19)20)7-12(13)16/h3-4,7,9-10H,5-6,8H2,1-2H3,(H,17,21)(H,19,20). The Balaban J connectivity index is 2.04. The van der Waals surface area contributed by atoms with Gasteiger partial charge >= 0.3 is 12.0 Å². The Hall–Kier alpha value is -1.56. The lowest BCUT2D eigenvalue weighted by atomic mass is 9.89. The van der Waals surface area contributed by atoms with E-state index in [1.165, 1.54) is 12.1 Å². The molecule has 0 saturated carbocycles. The van der Waals surface area contributed by atoms with Gasteiger partial charge in [0.15, 0.2) is 0 Å². The van der Waals surface area contributed by atoms with E-state index in [2.05, 4.69) is 35.1 Å². The Morgan fingerprint density at radius 1 is 1.33 bits per heavy atom. The van der Waals surface area contributed by atoms with E-state index in [0.717, 1.165) is 19.5 Å². The average molecular weight is 355 g/mol. The van der Waals surface area contributed by atoms with Gasteiger partial charge in [-0.25, -0.2) is 9.59 Å². The van der Waals surface area contributed by atoms with Gasteiger partial charge in [-0.05, 0) is 52.4 Å². The van der Waals surface area contributed by atoms with Crippen LogP contribution in [0.5, 0.6) is 0 Å². The Kier molecular flexibility index (Phi) is 4.88. The molecule has 21 heavy (non-hydrogen) atoms. The Morgan fingerprint density at radius 3 is 2.62 bits per heavy atom. The lowest BCUT2D eigenvalue weighted by molar-refractivity contribution is 0.0697. The maximum atomic E-state index is 12.3. The number of carbonyl (C=O) groups is 2. The second kappa shape index (κ2) is 6.47. The molecule has 2 amide bonds. The van der Waals surface area contributed by atoms with Gasteiger partial charge < -0.3 is 15.3 Å². The first-order chi connectivity index (χ1) is 9.88. The van der Waals surface area contributed by atoms with Crippen LogP contribution in [0.3, 0.4) is 0 Å². The lowest BCUT2D eigenvalue weighted by Gasteiger charge is -2.35. The van der Waals surface area contributed by atoms with Crippen molar-refractivity contribution in [3.05, 3.63) is 28.2 Å². The molecule has 1 fully saturated rings. The maximum Gasteiger partial charge on any atom is 0.335 e. The highest BCUT2D eigenvalue weighted by Crippen LogP contribution is 2.26. The Morgan fingerprint density at radius 2 is 2.05 bits per heavy atom. The first-order valence-electron chi connectivity index (χ1n) is 6.97. The topological polar surface area (TPSA) is 69.6 Å². The zero-order valence-corrected chi connectivity index (χ0v) is 13.7. The molecule has 0 radical (unpaired) electrons. The molecule has 1 saturated heterocycles. The molecule has 0 bridgehead atoms. The van der Waals surface area contributed by atoms with Gasteiger partial charge in [0.25, 0.3) is 0 Å². The predicted octanol–water partition coefficient (Wildman–Crippen LogP) is 3.66. The molecule has 0 aromatic heterocycles. The number of rotatable bonds is 2. The number of likely N-dealkylation sites (tertiary alicyclic amines) is 1. The summed E-state index contributed by atoms with van der Waals surface area (Å²) in [5.74, 6) is 0.130. The summed E-state index contributed by atoms with van der Waals surface area (Å²) < 4.78 is 0.564. The molecule has 1 aromatic carbocycles. The smallest absolute Gasteiger partial charge is 0.335 e. The van der Waals surface area contributed by atoms with Crippen LogP contribution in [0.25, 0.3) is 0 Å². The van der Waals surface area contributed by atoms with Crippen molar-refractivity contribution < 1.29 is 14.7 Å². The summed E-state index contributed by atoms with van der Waals surface area (Å²) in [7, 11) is 0. The second-order valence-corrected chi connectivity index (χ2v) is 6.47. The molecule has 1 aliphatic rings. The third-order valence-electron chi connectivity index (χ3n) is 4.08. The van der Waals surface area contributed by atoms with Gasteiger partial charge in [0.2, 0.25) is 0 Å². The molecule has 0 aliphatic carbocycles. The predicted molar refractivity (Wildman–Crippen MR) is 84.6 cm³/mol. The van der Waals surface area contributed by atoms with E-state index in [1.807, 2.05) is 4.90 Å². The van der Waals surface area contributed by atoms with Crippen LogP contribution in [0.1, 0.15) is 30.6 Å². The summed E-state index contributed by atoms with van der Waals surface area (Å²) in [4.78, 5) is 25.0. The molecular formula is C15H19BrN2O3. The Bertz CT molecular complexity index is 562. The SMILES string of the molecule is CC1CCN(C(=O)Nc2ccc(C(=O)O)cc2Br)CC1C. The summed E-state index contributed by atoms with van der Waals surface area (Å²) >= 11 is 3.29. The number of benzene rings is 1. The van der Waals surface area contributed by atoms with Crippen LogP contribution in [0.4, 0.5) is 10.5 Å². The van der Waals surface area contributed by atoms with Crippen LogP contribution in [0, 0.1) is 11.8 Å². The molecule has 0 spiro atoms. The van der Waals surface area contributed by atoms with E-state index in [9.17, 15) is 9.59 Å². The number of nitrogens with zero attached hydrogens (tertiary/aromatic N) is 1. The van der Waals surface area contributed by atoms with E-state index in [4.69, 9.17) is 5.11 Å². The fourth-order valence-electron chi connectivity index (χ4n) is 2.39. The summed E-state index contributed by atoms with van der Waals surface area (Å²) in [6.07, 6.45) is 1.01. The highest BCUT2D eigenvalue weighted by atomic mass is 79.9. The number of piperidine rings is 1. The minimum Gasteiger partial charge on any atom is -0.478 e. The van der Waals surface area contributed by atoms with Crippen LogP contribution in [-0.4, -0.2) is 35.1 Å². The molecule has 114 valence electrons. The minimum absolute atomic E-state index is 0.141. The van der Waals surface area contributed by atoms with Crippen molar-refractivity contribution in [2.45, 2.75) is 20.3 Å². The highest BCUT2D eigenvalue weighted by molar-refractivity contribution is 9.10. The summed E-state index contributed by atoms with van der Waals surface area (Å²) in [5.41, 5.74) is 0.761. The molecule has 1 heterocycles. The Labute approximate surface area is 132 Å². The second-order valence-electron chi connectivity index (χ2n) is 5.62. The fourth-order valence-corrected chi connectivity index (χ4v) is 2.87. The fraction of sp³-hybridized carbons (Fsp3) is 0.467. The number of carboxylic acid groups (broad SMARTS) is 1. The summed E-state index contributed by atoms with van der Waals surface area (Å²) in [6.45, 7) is 5.86. The number of halogens is 1. The first-order valence-corrected chi connectivity index (χ1v) is 7.76. The van der Waals surface area contributed by atoms with Crippen LogP contribution in [0.15, 0.2) is 22.7 Å². The number of amides is 2. The number of anilines is 1. The third kappa shape index (κ3) is 3.75. The molecule has 1 aromatic rings. The van der Waals surface area contributed by atoms with Crippen LogP contribution in [-0.2, 0) is 0 Å². The maximum absolute atomic E-state index is 12.3. The number of carboxylic acids is 1. The molecule has 5 nitrogen and oxygen atoms in total. The van der Waals surface area contributed by atoms with Crippen molar-refractivity contribution in [2.75, 3.05) is 18.4 Å². The van der Waals surface area contributed by atoms with Crippen molar-refractivity contribution in [1.82, 2.24) is 4.90 Å². The largest absolute Gasteiger partial charge is 0.478 e. The van der Waals surface area contributed by atoms with E-state index in [0.29, 0.717) is 22.0 Å². The number of hydrogen-bond donors (Lipinski definition) is 2. The van der Waals surface area contributed by atoms with Crippen molar-refractivity contribution in [3.8, 4) is 0 Å². The third-order valence-corrected chi connectivity index (χ3v) is 4.74. The normalized spacial score (nSPS) is 22.0. The van der Waals surface area contributed by atoms with Gasteiger partial charge in [-0.3, -0.25) is 0 Å². The van der Waals surface area contributed by atoms with Gasteiger partial charge in [0.05, 0.1) is 11.3 Å². The van der Waals surface area contributed by atoms with Crippen LogP contribution in [0.2, 0.25) is 0 Å². The van der Waals surface area contributed by atoms with Crippen molar-refractivity contribution >= 4 is 33.6 Å². The van der Waals surface area contributed by atoms with E-state index in [1.54, 1.807) is 6.07 Å². The number of urea groups is 1. The van der Waals surface area contributed by atoms with Gasteiger partial charge in [-0.2, -0.15) is 0 Å². The van der Waals surface area contributed by atoms with Crippen LogP contribution >= 0.6 is 15.9 Å². The summed E-state index contributed by atoms with van der Waals surface area (Å²) in [5, 5.41) is 11.8. The molecule has 2 unspecified atom stereocenters. The van der Waals surface area contributed by atoms with Gasteiger partial charge in [-0.15, -0.1) is 0 Å². The highest BCUT2D eigenvalue weighted by Gasteiger charge is 2.26. The van der Waals surface area contributed by atoms with E-state index in [-0.39, 0.29) is 11.6 Å². The van der Waals surface area contributed by atoms with Crippen molar-refractivity contribution in [3.63, 3.8) is 0 Å². The molecule has 2 rings (SSSR count). The molecule has 2 N–H and O–H groups in total. The van der Waals surface area contributed by atoms with Gasteiger partial charge in [-0.1, -0.05) is 13.8 Å². The van der Waals surface area contributed by atoms with Gasteiger partial charge in [0, 0.05) is 17.6 Å². The first kappa shape index (κ1) is 15.8. The number of carbonyl (C=O) groups excluding carboxylic acids is 1. The minimum atomic E-state index is -0.993. The monoisotopic (exact) mass is 354 g/mol. The zero-order valence-electron chi connectivity index (χ0n) is 12.1. The summed E-state index contributed by atoms with van der Waals surface area (Å²) in [6, 6.07) is 4.42. The average Bonchev–Trinajstić information content (AvgIpc) is 2.43. The molecule has 6 heteroatoms. The van der Waals surface area contributed by atoms with Crippen molar-refractivity contribution in [2.24, 2.45) is 11.8 Å². The zero-order chi connectivity index (χ0) is 15.6. The van der Waals surface area contributed by atoms with E-state index < -0.39 is 5.97 Å².